The summed E-state index contributed by atoms with van der Waals surface area (Å²) in [7, 11) is -3.37. The fourth-order valence-corrected chi connectivity index (χ4v) is 6.94. The topological polar surface area (TPSA) is 222 Å². The van der Waals surface area contributed by atoms with E-state index in [1.807, 2.05) is 0 Å². The molecule has 2 aliphatic rings. The lowest BCUT2D eigenvalue weighted by Gasteiger charge is -2.16. The van der Waals surface area contributed by atoms with Crippen molar-refractivity contribution in [2.75, 3.05) is 38.7 Å². The van der Waals surface area contributed by atoms with Gasteiger partial charge in [0.15, 0.2) is 65.6 Å². The molecule has 2 saturated heterocycles. The van der Waals surface area contributed by atoms with E-state index in [1.54, 1.807) is 12.2 Å². The van der Waals surface area contributed by atoms with Crippen LogP contribution in [0.5, 0.6) is 0 Å². The van der Waals surface area contributed by atoms with Crippen molar-refractivity contribution in [3.8, 4) is 0 Å². The Morgan fingerprint density at radius 2 is 1.59 bits per heavy atom. The third kappa shape index (κ3) is 7.98. The molecule has 0 saturated carbocycles. The molecule has 24 heteroatoms. The summed E-state index contributed by atoms with van der Waals surface area (Å²) in [5.74, 6) is 0.818. The fourth-order valence-electron chi connectivity index (χ4n) is 5.37. The molecule has 0 amide bonds. The van der Waals surface area contributed by atoms with E-state index in [0.29, 0.717) is 30.3 Å². The first-order chi connectivity index (χ1) is 23.6. The maximum atomic E-state index is 15.3. The zero-order valence-electron chi connectivity index (χ0n) is 25.5. The van der Waals surface area contributed by atoms with Crippen LogP contribution in [0.2, 0.25) is 0 Å². The lowest BCUT2D eigenvalue weighted by molar-refractivity contribution is -0.0435. The van der Waals surface area contributed by atoms with Gasteiger partial charge >= 0.3 is 14.5 Å². The van der Waals surface area contributed by atoms with E-state index >= 15 is 8.78 Å². The summed E-state index contributed by atoms with van der Waals surface area (Å²) in [5, 5.41) is 25.4. The normalized spacial score (nSPS) is 28.0. The SMILES string of the molecule is C=Nc1c(C(=NC)NC/C=C\CNc2ncnc3c2ncn3[C@@H]2OC(CO)[C@@H](O[P+](=O)S)[C@H]2F)ncn1[C@@H]1O[C@H](CO)[C@@H](O[P+](=O)S)[C@H]1F. The van der Waals surface area contributed by atoms with Gasteiger partial charge < -0.3 is 30.3 Å². The van der Waals surface area contributed by atoms with E-state index in [2.05, 4.69) is 71.8 Å². The van der Waals surface area contributed by atoms with Gasteiger partial charge in [-0.2, -0.15) is 0 Å². The van der Waals surface area contributed by atoms with Crippen LogP contribution < -0.4 is 10.6 Å². The zero-order valence-corrected chi connectivity index (χ0v) is 29.1. The first kappa shape index (κ1) is 37.2. The van der Waals surface area contributed by atoms with Crippen molar-refractivity contribution in [1.29, 1.82) is 0 Å². The second kappa shape index (κ2) is 16.8. The van der Waals surface area contributed by atoms with Crippen LogP contribution in [0.15, 0.2) is 41.1 Å². The highest BCUT2D eigenvalue weighted by Gasteiger charge is 2.52. The molecule has 0 spiro atoms. The number of halogens is 2. The van der Waals surface area contributed by atoms with Gasteiger partial charge in [0, 0.05) is 20.1 Å². The molecule has 2 fully saturated rings. The largest absolute Gasteiger partial charge is 0.582 e. The molecule has 3 aromatic heterocycles. The van der Waals surface area contributed by atoms with Crippen LogP contribution >= 0.6 is 39.0 Å². The highest BCUT2D eigenvalue weighted by molar-refractivity contribution is 8.39. The lowest BCUT2D eigenvalue weighted by Crippen LogP contribution is -2.31. The number of hydrogen-bond donors (Lipinski definition) is 6. The zero-order chi connectivity index (χ0) is 35.2. The van der Waals surface area contributed by atoms with Gasteiger partial charge in [0.2, 0.25) is 0 Å². The smallest absolute Gasteiger partial charge is 0.394 e. The summed E-state index contributed by atoms with van der Waals surface area (Å²) in [6.45, 7) is 3.02. The van der Waals surface area contributed by atoms with E-state index < -0.39 is 76.9 Å². The van der Waals surface area contributed by atoms with Gasteiger partial charge in [-0.3, -0.25) is 14.1 Å². The molecule has 4 N–H and O–H groups in total. The van der Waals surface area contributed by atoms with Crippen molar-refractivity contribution in [2.24, 2.45) is 9.98 Å². The van der Waals surface area contributed by atoms with Gasteiger partial charge in [-0.25, -0.2) is 33.7 Å². The minimum absolute atomic E-state index is 0.139. The number of anilines is 1. The molecule has 0 aliphatic carbocycles. The van der Waals surface area contributed by atoms with Crippen LogP contribution in [0.3, 0.4) is 0 Å². The number of ether oxygens (including phenoxy) is 2. The van der Waals surface area contributed by atoms with Crippen LogP contribution in [0.1, 0.15) is 18.1 Å². The molecule has 5 heterocycles. The average Bonchev–Trinajstić information content (AvgIpc) is 3.85. The molecular formula is C25H32F2N10O8P2S2+2. The van der Waals surface area contributed by atoms with Crippen LogP contribution in [0.25, 0.3) is 11.2 Å². The summed E-state index contributed by atoms with van der Waals surface area (Å²) in [6.07, 6.45) is -3.48. The number of aromatic nitrogens is 6. The van der Waals surface area contributed by atoms with Gasteiger partial charge in [-0.15, -0.1) is 9.05 Å². The Labute approximate surface area is 289 Å². The van der Waals surface area contributed by atoms with Gasteiger partial charge in [0.1, 0.15) is 48.7 Å². The summed E-state index contributed by atoms with van der Waals surface area (Å²) < 4.78 is 77.4. The Morgan fingerprint density at radius 3 is 2.16 bits per heavy atom. The number of fused-ring (bicyclic) bond motifs is 1. The number of aliphatic hydroxyl groups excluding tert-OH is 2. The summed E-state index contributed by atoms with van der Waals surface area (Å²) >= 11 is 7.34. The van der Waals surface area contributed by atoms with E-state index in [4.69, 9.17) is 18.5 Å². The minimum Gasteiger partial charge on any atom is -0.394 e. The third-order valence-corrected chi connectivity index (χ3v) is 8.94. The molecule has 10 atom stereocenters. The van der Waals surface area contributed by atoms with E-state index in [9.17, 15) is 19.3 Å². The van der Waals surface area contributed by atoms with Crippen molar-refractivity contribution in [2.45, 2.75) is 49.2 Å². The molecule has 0 aromatic carbocycles. The number of thiol groups is 2. The molecule has 18 nitrogen and oxygen atoms in total. The van der Waals surface area contributed by atoms with Gasteiger partial charge in [0.05, 0.1) is 25.9 Å². The quantitative estimate of drug-likeness (QED) is 0.0430. The highest BCUT2D eigenvalue weighted by Crippen LogP contribution is 2.43. The maximum Gasteiger partial charge on any atom is 0.582 e. The minimum atomic E-state index is -2.45. The molecule has 3 aromatic rings. The molecule has 0 radical (unpaired) electrons. The van der Waals surface area contributed by atoms with Gasteiger partial charge in [-0.1, -0.05) is 12.2 Å². The van der Waals surface area contributed by atoms with Crippen LogP contribution in [0, 0.1) is 0 Å². The second-order valence-corrected chi connectivity index (χ2v) is 13.7. The van der Waals surface area contributed by atoms with Crippen molar-refractivity contribution in [3.05, 3.63) is 36.8 Å². The number of aliphatic hydroxyl groups is 2. The third-order valence-electron chi connectivity index (χ3n) is 7.53. The van der Waals surface area contributed by atoms with Crippen molar-refractivity contribution in [3.63, 3.8) is 0 Å². The fraction of sp³-hybridized carbons (Fsp3) is 0.520. The number of aliphatic imine (C=N–C) groups is 2. The summed E-state index contributed by atoms with van der Waals surface area (Å²) in [6, 6.07) is 0. The van der Waals surface area contributed by atoms with Crippen LogP contribution in [-0.2, 0) is 27.7 Å². The standard InChI is InChI=1S/C25H30F2N10O8P2S2/c1-28-20(16-22(29-2)36(10-34-16)24-14(26)18(44-46(40)48)12(7-38)42-24)30-5-3-4-6-31-21-17-23(33-9-32-21)37(11-35-17)25-15(27)19(45-47(41)49)13(8-39)43-25/h3-4,9-15,18-19,24-25,38-39H,2,5-8H2,1H3,(H2-2,28,30,31,32,33,40,41,48,49)/p+2/b4-3-/t12-,13?,14-,15-,18-,19-,24-,25-/m1/s1. The van der Waals surface area contributed by atoms with E-state index in [1.165, 1.54) is 35.2 Å². The van der Waals surface area contributed by atoms with Crippen molar-refractivity contribution >= 4 is 74.3 Å². The molecule has 264 valence electrons. The van der Waals surface area contributed by atoms with E-state index in [0.717, 1.165) is 0 Å². The van der Waals surface area contributed by atoms with Crippen LogP contribution in [-0.4, -0.2) is 122 Å². The van der Waals surface area contributed by atoms with Crippen molar-refractivity contribution < 1.29 is 46.6 Å². The predicted octanol–water partition coefficient (Wildman–Crippen LogP) is 2.39. The highest BCUT2D eigenvalue weighted by atomic mass is 32.7. The number of alkyl halides is 2. The first-order valence-electron chi connectivity index (χ1n) is 14.4. The number of hydrogen-bond acceptors (Lipinski definition) is 15. The maximum absolute atomic E-state index is 15.3. The van der Waals surface area contributed by atoms with Crippen molar-refractivity contribution in [1.82, 2.24) is 34.4 Å². The Kier molecular flexibility index (Phi) is 12.7. The van der Waals surface area contributed by atoms with Gasteiger partial charge in [-0.05, 0) is 15.8 Å². The number of amidine groups is 1. The molecule has 0 bridgehead atoms. The summed E-state index contributed by atoms with van der Waals surface area (Å²) in [5.41, 5.74) is 0.848. The predicted molar refractivity (Wildman–Crippen MR) is 180 cm³/mol. The molecule has 2 aliphatic heterocycles. The Hall–Kier alpha value is -3.04. The summed E-state index contributed by atoms with van der Waals surface area (Å²) in [4.78, 5) is 25.2. The monoisotopic (exact) mass is 764 g/mol. The number of rotatable bonds is 15. The molecule has 5 rings (SSSR count). The Balaban J connectivity index is 1.20. The first-order valence-corrected chi connectivity index (χ1v) is 19.1. The lowest BCUT2D eigenvalue weighted by atomic mass is 10.1. The second-order valence-electron chi connectivity index (χ2n) is 10.3. The average molecular weight is 765 g/mol. The molecule has 49 heavy (non-hydrogen) atoms. The van der Waals surface area contributed by atoms with Gasteiger partial charge in [0.25, 0.3) is 0 Å². The van der Waals surface area contributed by atoms with Crippen LogP contribution in [0.4, 0.5) is 20.4 Å². The molecule has 3 unspecified atom stereocenters. The number of nitrogens with zero attached hydrogens (tertiary/aromatic N) is 8. The number of nitrogens with one attached hydrogen (secondary N) is 2. The molecular weight excluding hydrogens is 732 g/mol. The number of imidazole rings is 2. The Morgan fingerprint density at radius 1 is 1.00 bits per heavy atom. The Bertz CT molecular complexity index is 1740. The van der Waals surface area contributed by atoms with E-state index in [-0.39, 0.29) is 17.2 Å².